The first-order chi connectivity index (χ1) is 9.98. The third-order valence-corrected chi connectivity index (χ3v) is 3.88. The van der Waals surface area contributed by atoms with Crippen molar-refractivity contribution in [3.63, 3.8) is 0 Å². The van der Waals surface area contributed by atoms with Crippen molar-refractivity contribution in [2.24, 2.45) is 0 Å². The van der Waals surface area contributed by atoms with E-state index in [9.17, 15) is 0 Å². The second kappa shape index (κ2) is 7.39. The SMILES string of the molecule is COCCN(Cc1ccc(CNC(C)(C)C)cc1)C1CC1. The Labute approximate surface area is 129 Å². The van der Waals surface area contributed by atoms with E-state index < -0.39 is 0 Å². The van der Waals surface area contributed by atoms with E-state index in [1.165, 1.54) is 24.0 Å². The highest BCUT2D eigenvalue weighted by Gasteiger charge is 2.28. The van der Waals surface area contributed by atoms with Crippen LogP contribution in [0.15, 0.2) is 24.3 Å². The number of nitrogens with zero attached hydrogens (tertiary/aromatic N) is 1. The highest BCUT2D eigenvalue weighted by molar-refractivity contribution is 5.22. The van der Waals surface area contributed by atoms with Crippen LogP contribution in [0.25, 0.3) is 0 Å². The molecule has 1 fully saturated rings. The third-order valence-electron chi connectivity index (χ3n) is 3.88. The standard InChI is InChI=1S/C18H30N2O/c1-18(2,3)19-13-15-5-7-16(8-6-15)14-20(11-12-21-4)17-9-10-17/h5-8,17,19H,9-14H2,1-4H3. The Morgan fingerprint density at radius 1 is 1.14 bits per heavy atom. The van der Waals surface area contributed by atoms with Gasteiger partial charge in [-0.3, -0.25) is 4.90 Å². The zero-order valence-electron chi connectivity index (χ0n) is 14.0. The van der Waals surface area contributed by atoms with Crippen LogP contribution in [0.5, 0.6) is 0 Å². The van der Waals surface area contributed by atoms with Gasteiger partial charge in [0.15, 0.2) is 0 Å². The van der Waals surface area contributed by atoms with Gasteiger partial charge in [0, 0.05) is 38.3 Å². The molecule has 1 N–H and O–H groups in total. The van der Waals surface area contributed by atoms with E-state index in [0.29, 0.717) is 0 Å². The topological polar surface area (TPSA) is 24.5 Å². The van der Waals surface area contributed by atoms with Gasteiger partial charge in [0.25, 0.3) is 0 Å². The first-order valence-corrected chi connectivity index (χ1v) is 8.04. The van der Waals surface area contributed by atoms with E-state index in [2.05, 4.69) is 55.3 Å². The Bertz CT molecular complexity index is 418. The summed E-state index contributed by atoms with van der Waals surface area (Å²) >= 11 is 0. The van der Waals surface area contributed by atoms with E-state index >= 15 is 0 Å². The van der Waals surface area contributed by atoms with Crippen molar-refractivity contribution >= 4 is 0 Å². The van der Waals surface area contributed by atoms with Crippen LogP contribution in [-0.4, -0.2) is 36.7 Å². The number of hydrogen-bond acceptors (Lipinski definition) is 3. The smallest absolute Gasteiger partial charge is 0.0589 e. The maximum Gasteiger partial charge on any atom is 0.0589 e. The van der Waals surface area contributed by atoms with Crippen molar-refractivity contribution in [1.82, 2.24) is 10.2 Å². The first kappa shape index (κ1) is 16.5. The fourth-order valence-electron chi connectivity index (χ4n) is 2.40. The molecular formula is C18H30N2O. The lowest BCUT2D eigenvalue weighted by Gasteiger charge is -2.22. The van der Waals surface area contributed by atoms with Gasteiger partial charge in [-0.2, -0.15) is 0 Å². The average molecular weight is 290 g/mol. The van der Waals surface area contributed by atoms with Crippen molar-refractivity contribution in [1.29, 1.82) is 0 Å². The molecular weight excluding hydrogens is 260 g/mol. The van der Waals surface area contributed by atoms with Gasteiger partial charge in [0.2, 0.25) is 0 Å². The predicted molar refractivity (Wildman–Crippen MR) is 88.3 cm³/mol. The lowest BCUT2D eigenvalue weighted by molar-refractivity contribution is 0.139. The minimum Gasteiger partial charge on any atom is -0.383 e. The Morgan fingerprint density at radius 2 is 1.76 bits per heavy atom. The lowest BCUT2D eigenvalue weighted by atomic mass is 10.1. The number of rotatable bonds is 8. The van der Waals surface area contributed by atoms with Crippen LogP contribution in [0.2, 0.25) is 0 Å². The summed E-state index contributed by atoms with van der Waals surface area (Å²) in [6, 6.07) is 9.80. The van der Waals surface area contributed by atoms with E-state index in [-0.39, 0.29) is 5.54 Å². The van der Waals surface area contributed by atoms with E-state index in [4.69, 9.17) is 4.74 Å². The molecule has 0 unspecified atom stereocenters. The summed E-state index contributed by atoms with van der Waals surface area (Å²) in [7, 11) is 1.78. The third kappa shape index (κ3) is 6.16. The molecule has 0 amide bonds. The Hall–Kier alpha value is -0.900. The van der Waals surface area contributed by atoms with Gasteiger partial charge in [-0.25, -0.2) is 0 Å². The summed E-state index contributed by atoms with van der Waals surface area (Å²) in [4.78, 5) is 2.55. The van der Waals surface area contributed by atoms with Crippen molar-refractivity contribution in [2.75, 3.05) is 20.3 Å². The summed E-state index contributed by atoms with van der Waals surface area (Å²) in [5.74, 6) is 0. The minimum absolute atomic E-state index is 0.168. The summed E-state index contributed by atoms with van der Waals surface area (Å²) in [6.45, 7) is 10.4. The molecule has 118 valence electrons. The lowest BCUT2D eigenvalue weighted by Crippen LogP contribution is -2.35. The molecule has 1 saturated carbocycles. The zero-order valence-corrected chi connectivity index (χ0v) is 14.0. The van der Waals surface area contributed by atoms with Gasteiger partial charge in [-0.15, -0.1) is 0 Å². The highest BCUT2D eigenvalue weighted by atomic mass is 16.5. The first-order valence-electron chi connectivity index (χ1n) is 8.04. The van der Waals surface area contributed by atoms with Crippen LogP contribution >= 0.6 is 0 Å². The van der Waals surface area contributed by atoms with Crippen LogP contribution in [0.1, 0.15) is 44.7 Å². The van der Waals surface area contributed by atoms with Crippen LogP contribution in [0.3, 0.4) is 0 Å². The molecule has 21 heavy (non-hydrogen) atoms. The molecule has 0 bridgehead atoms. The number of nitrogens with one attached hydrogen (secondary N) is 1. The number of methoxy groups -OCH3 is 1. The quantitative estimate of drug-likeness (QED) is 0.796. The molecule has 1 aromatic rings. The monoisotopic (exact) mass is 290 g/mol. The molecule has 0 aliphatic heterocycles. The maximum absolute atomic E-state index is 5.22. The molecule has 0 saturated heterocycles. The second-order valence-corrected chi connectivity index (χ2v) is 7.11. The largest absolute Gasteiger partial charge is 0.383 e. The molecule has 0 aromatic heterocycles. The van der Waals surface area contributed by atoms with Crippen molar-refractivity contribution in [3.05, 3.63) is 35.4 Å². The summed E-state index contributed by atoms with van der Waals surface area (Å²) in [6.07, 6.45) is 2.69. The number of ether oxygens (including phenoxy) is 1. The normalized spacial score (nSPS) is 15.7. The molecule has 0 heterocycles. The molecule has 0 spiro atoms. The molecule has 3 nitrogen and oxygen atoms in total. The molecule has 1 aliphatic rings. The minimum atomic E-state index is 0.168. The van der Waals surface area contributed by atoms with E-state index in [0.717, 1.165) is 32.3 Å². The van der Waals surface area contributed by atoms with Gasteiger partial charge < -0.3 is 10.1 Å². The molecule has 1 aromatic carbocycles. The van der Waals surface area contributed by atoms with Crippen LogP contribution in [0, 0.1) is 0 Å². The van der Waals surface area contributed by atoms with Gasteiger partial charge >= 0.3 is 0 Å². The average Bonchev–Trinajstić information content (AvgIpc) is 3.26. The van der Waals surface area contributed by atoms with Crippen molar-refractivity contribution in [2.45, 2.75) is 58.3 Å². The number of hydrogen-bond donors (Lipinski definition) is 1. The molecule has 1 aliphatic carbocycles. The fourth-order valence-corrected chi connectivity index (χ4v) is 2.40. The van der Waals surface area contributed by atoms with Crippen molar-refractivity contribution < 1.29 is 4.74 Å². The van der Waals surface area contributed by atoms with Crippen LogP contribution in [0.4, 0.5) is 0 Å². The number of benzene rings is 1. The predicted octanol–water partition coefficient (Wildman–Crippen LogP) is 3.19. The highest BCUT2D eigenvalue weighted by Crippen LogP contribution is 2.28. The fraction of sp³-hybridized carbons (Fsp3) is 0.667. The molecule has 0 radical (unpaired) electrons. The second-order valence-electron chi connectivity index (χ2n) is 7.11. The Balaban J connectivity index is 1.85. The van der Waals surface area contributed by atoms with E-state index in [1.807, 2.05) is 0 Å². The van der Waals surface area contributed by atoms with Gasteiger partial charge in [0.05, 0.1) is 6.61 Å². The molecule has 3 heteroatoms. The van der Waals surface area contributed by atoms with Gasteiger partial charge in [0.1, 0.15) is 0 Å². The van der Waals surface area contributed by atoms with E-state index in [1.54, 1.807) is 7.11 Å². The summed E-state index contributed by atoms with van der Waals surface area (Å²) in [5.41, 5.74) is 2.92. The molecule has 2 rings (SSSR count). The van der Waals surface area contributed by atoms with Gasteiger partial charge in [-0.05, 0) is 44.7 Å². The van der Waals surface area contributed by atoms with Crippen LogP contribution < -0.4 is 5.32 Å². The summed E-state index contributed by atoms with van der Waals surface area (Å²) < 4.78 is 5.22. The summed E-state index contributed by atoms with van der Waals surface area (Å²) in [5, 5.41) is 3.53. The van der Waals surface area contributed by atoms with Gasteiger partial charge in [-0.1, -0.05) is 24.3 Å². The van der Waals surface area contributed by atoms with Crippen molar-refractivity contribution in [3.8, 4) is 0 Å². The Kier molecular flexibility index (Phi) is 5.80. The Morgan fingerprint density at radius 3 is 2.29 bits per heavy atom. The zero-order chi connectivity index (χ0) is 15.3. The maximum atomic E-state index is 5.22. The van der Waals surface area contributed by atoms with Crippen LogP contribution in [-0.2, 0) is 17.8 Å². The molecule has 0 atom stereocenters.